The largest absolute Gasteiger partial charge is 0.394 e. The van der Waals surface area contributed by atoms with Crippen molar-refractivity contribution in [2.45, 2.75) is 37.4 Å². The zero-order valence-electron chi connectivity index (χ0n) is 6.79. The van der Waals surface area contributed by atoms with Crippen molar-refractivity contribution in [3.63, 3.8) is 0 Å². The molecule has 0 aromatic rings. The van der Waals surface area contributed by atoms with E-state index < -0.39 is 30.5 Å². The van der Waals surface area contributed by atoms with E-state index in [1.54, 1.807) is 6.92 Å². The number of aliphatic hydroxyl groups is 4. The lowest BCUT2D eigenvalue weighted by molar-refractivity contribution is -0.224. The Kier molecular flexibility index (Phi) is 3.03. The smallest absolute Gasteiger partial charge is 0.111 e. The third-order valence-electron chi connectivity index (χ3n) is 2.13. The highest BCUT2D eigenvalue weighted by Crippen LogP contribution is 2.20. The zero-order chi connectivity index (χ0) is 9.30. The van der Waals surface area contributed by atoms with Crippen molar-refractivity contribution in [3.8, 4) is 0 Å². The van der Waals surface area contributed by atoms with Crippen LogP contribution in [0.2, 0.25) is 0 Å². The van der Waals surface area contributed by atoms with Crippen molar-refractivity contribution in [2.75, 3.05) is 6.61 Å². The highest BCUT2D eigenvalue weighted by molar-refractivity contribution is 4.89. The molecule has 12 heavy (non-hydrogen) atoms. The lowest BCUT2D eigenvalue weighted by Gasteiger charge is -2.38. The molecule has 4 N–H and O–H groups in total. The van der Waals surface area contributed by atoms with Crippen molar-refractivity contribution in [1.82, 2.24) is 0 Å². The molecule has 1 heterocycles. The molecule has 0 aromatic carbocycles. The second-order valence-corrected chi connectivity index (χ2v) is 3.03. The van der Waals surface area contributed by atoms with E-state index in [9.17, 15) is 15.3 Å². The molecule has 4 unspecified atom stereocenters. The van der Waals surface area contributed by atoms with Gasteiger partial charge in [-0.3, -0.25) is 0 Å². The molecule has 5 atom stereocenters. The SMILES string of the molecule is CC1OC(CO)C(O)C(O)[C@H]1O. The Labute approximate surface area is 70.2 Å². The average Bonchev–Trinajstić information content (AvgIpc) is 2.08. The molecule has 0 amide bonds. The first-order valence-electron chi connectivity index (χ1n) is 3.88. The molecular formula is C7H14O5. The monoisotopic (exact) mass is 178 g/mol. The third kappa shape index (κ3) is 1.60. The van der Waals surface area contributed by atoms with E-state index in [1.165, 1.54) is 0 Å². The van der Waals surface area contributed by atoms with Crippen LogP contribution in [0.4, 0.5) is 0 Å². The zero-order valence-corrected chi connectivity index (χ0v) is 6.79. The molecule has 5 nitrogen and oxygen atoms in total. The minimum absolute atomic E-state index is 0.366. The normalized spacial score (nSPS) is 49.2. The van der Waals surface area contributed by atoms with E-state index in [2.05, 4.69) is 0 Å². The molecular weight excluding hydrogens is 164 g/mol. The fraction of sp³-hybridized carbons (Fsp3) is 1.00. The number of rotatable bonds is 1. The Hall–Kier alpha value is -0.200. The van der Waals surface area contributed by atoms with Gasteiger partial charge in [-0.15, -0.1) is 0 Å². The van der Waals surface area contributed by atoms with Crippen LogP contribution >= 0.6 is 0 Å². The van der Waals surface area contributed by atoms with Gasteiger partial charge >= 0.3 is 0 Å². The molecule has 0 aromatic heterocycles. The predicted octanol–water partition coefficient (Wildman–Crippen LogP) is -2.15. The van der Waals surface area contributed by atoms with Crippen LogP contribution in [0.3, 0.4) is 0 Å². The standard InChI is InChI=1S/C7H14O5/c1-3-5(9)7(11)6(10)4(2-8)12-3/h3-11H,2H2,1H3/t3?,4?,5-,6?,7?/m0/s1. The molecule has 0 spiro atoms. The summed E-state index contributed by atoms with van der Waals surface area (Å²) in [4.78, 5) is 0. The quantitative estimate of drug-likeness (QED) is 0.367. The first-order chi connectivity index (χ1) is 5.57. The summed E-state index contributed by atoms with van der Waals surface area (Å²) >= 11 is 0. The number of hydrogen-bond acceptors (Lipinski definition) is 5. The van der Waals surface area contributed by atoms with E-state index in [1.807, 2.05) is 0 Å². The lowest BCUT2D eigenvalue weighted by Crippen LogP contribution is -2.57. The predicted molar refractivity (Wildman–Crippen MR) is 39.4 cm³/mol. The van der Waals surface area contributed by atoms with Crippen molar-refractivity contribution in [2.24, 2.45) is 0 Å². The summed E-state index contributed by atoms with van der Waals surface area (Å²) in [5, 5.41) is 36.4. The van der Waals surface area contributed by atoms with Crippen LogP contribution in [0.15, 0.2) is 0 Å². The van der Waals surface area contributed by atoms with Crippen LogP contribution in [0, 0.1) is 0 Å². The number of ether oxygens (including phenoxy) is 1. The Bertz CT molecular complexity index is 146. The van der Waals surface area contributed by atoms with Crippen LogP contribution in [-0.4, -0.2) is 57.6 Å². The Morgan fingerprint density at radius 2 is 1.67 bits per heavy atom. The van der Waals surface area contributed by atoms with Gasteiger partial charge in [-0.25, -0.2) is 0 Å². The maximum Gasteiger partial charge on any atom is 0.111 e. The Morgan fingerprint density at radius 3 is 2.17 bits per heavy atom. The highest BCUT2D eigenvalue weighted by atomic mass is 16.5. The summed E-state index contributed by atoms with van der Waals surface area (Å²) in [6, 6.07) is 0. The van der Waals surface area contributed by atoms with Gasteiger partial charge in [0.15, 0.2) is 0 Å². The molecule has 0 aliphatic carbocycles. The minimum Gasteiger partial charge on any atom is -0.394 e. The van der Waals surface area contributed by atoms with E-state index >= 15 is 0 Å². The third-order valence-corrected chi connectivity index (χ3v) is 2.13. The van der Waals surface area contributed by atoms with Crippen molar-refractivity contribution >= 4 is 0 Å². The van der Waals surface area contributed by atoms with Gasteiger partial charge in [0.1, 0.15) is 24.4 Å². The fourth-order valence-corrected chi connectivity index (χ4v) is 1.29. The van der Waals surface area contributed by atoms with E-state index in [4.69, 9.17) is 9.84 Å². The Morgan fingerprint density at radius 1 is 1.08 bits per heavy atom. The maximum absolute atomic E-state index is 9.23. The van der Waals surface area contributed by atoms with Gasteiger partial charge in [0.05, 0.1) is 12.7 Å². The molecule has 1 aliphatic rings. The van der Waals surface area contributed by atoms with Crippen molar-refractivity contribution in [1.29, 1.82) is 0 Å². The molecule has 72 valence electrons. The first-order valence-corrected chi connectivity index (χ1v) is 3.88. The van der Waals surface area contributed by atoms with Crippen LogP contribution in [0.5, 0.6) is 0 Å². The van der Waals surface area contributed by atoms with Crippen LogP contribution in [0.1, 0.15) is 6.92 Å². The van der Waals surface area contributed by atoms with E-state index in [-0.39, 0.29) is 6.61 Å². The summed E-state index contributed by atoms with van der Waals surface area (Å²) in [6.45, 7) is 1.21. The topological polar surface area (TPSA) is 90.2 Å². The number of hydrogen-bond donors (Lipinski definition) is 4. The summed E-state index contributed by atoms with van der Waals surface area (Å²) in [6.07, 6.45) is -4.94. The van der Waals surface area contributed by atoms with Crippen molar-refractivity contribution in [3.05, 3.63) is 0 Å². The molecule has 1 aliphatic heterocycles. The molecule has 0 radical (unpaired) electrons. The second-order valence-electron chi connectivity index (χ2n) is 3.03. The van der Waals surface area contributed by atoms with Gasteiger partial charge in [0.2, 0.25) is 0 Å². The van der Waals surface area contributed by atoms with Crippen LogP contribution < -0.4 is 0 Å². The summed E-state index contributed by atoms with van der Waals surface area (Å²) in [5.41, 5.74) is 0. The average molecular weight is 178 g/mol. The highest BCUT2D eigenvalue weighted by Gasteiger charge is 2.41. The maximum atomic E-state index is 9.23. The van der Waals surface area contributed by atoms with Crippen LogP contribution in [-0.2, 0) is 4.74 Å². The molecule has 1 saturated heterocycles. The summed E-state index contributed by atoms with van der Waals surface area (Å²) in [7, 11) is 0. The first kappa shape index (κ1) is 9.88. The fourth-order valence-electron chi connectivity index (χ4n) is 1.29. The van der Waals surface area contributed by atoms with Gasteiger partial charge in [-0.05, 0) is 6.92 Å². The van der Waals surface area contributed by atoms with Gasteiger partial charge in [0, 0.05) is 0 Å². The minimum atomic E-state index is -1.24. The lowest BCUT2D eigenvalue weighted by atomic mass is 9.96. The van der Waals surface area contributed by atoms with Gasteiger partial charge in [-0.2, -0.15) is 0 Å². The van der Waals surface area contributed by atoms with Gasteiger partial charge in [-0.1, -0.05) is 0 Å². The van der Waals surface area contributed by atoms with Crippen molar-refractivity contribution < 1.29 is 25.2 Å². The summed E-state index contributed by atoms with van der Waals surface area (Å²) < 4.78 is 5.02. The van der Waals surface area contributed by atoms with E-state index in [0.717, 1.165) is 0 Å². The Balaban J connectivity index is 2.63. The van der Waals surface area contributed by atoms with Crippen LogP contribution in [0.25, 0.3) is 0 Å². The molecule has 0 bridgehead atoms. The molecule has 1 rings (SSSR count). The summed E-state index contributed by atoms with van der Waals surface area (Å²) in [5.74, 6) is 0. The molecule has 1 fully saturated rings. The second kappa shape index (κ2) is 3.68. The van der Waals surface area contributed by atoms with E-state index in [0.29, 0.717) is 0 Å². The number of aliphatic hydroxyl groups excluding tert-OH is 4. The molecule has 0 saturated carbocycles. The molecule has 5 heteroatoms. The van der Waals surface area contributed by atoms with Gasteiger partial charge in [0.25, 0.3) is 0 Å². The van der Waals surface area contributed by atoms with Gasteiger partial charge < -0.3 is 25.2 Å².